The highest BCUT2D eigenvalue weighted by Crippen LogP contribution is 2.13. The van der Waals surface area contributed by atoms with Crippen LogP contribution in [-0.2, 0) is 16.4 Å². The summed E-state index contributed by atoms with van der Waals surface area (Å²) in [7, 11) is -3.34. The number of aromatic nitrogens is 2. The number of carbonyl (C=O) groups excluding carboxylic acids is 1. The number of hydrogen-bond donors (Lipinski definition) is 1. The summed E-state index contributed by atoms with van der Waals surface area (Å²) in [6.07, 6.45) is 0. The Morgan fingerprint density at radius 1 is 1.30 bits per heavy atom. The number of carbonyl (C=O) groups is 1. The molecular weight excluding hydrogens is 298 g/mol. The van der Waals surface area contributed by atoms with Crippen molar-refractivity contribution >= 4 is 27.3 Å². The fourth-order valence-electron chi connectivity index (χ4n) is 1.41. The minimum Gasteiger partial charge on any atom is -0.345 e. The van der Waals surface area contributed by atoms with Gasteiger partial charge in [-0.05, 0) is 23.7 Å². The standard InChI is InChI=1S/C12H13N3O3S2/c1-2-20(17,18)12-14-10(15-19-12)8-13-11(16)9-6-4-3-5-7-9/h3-7H,2,8H2,1H3,(H,13,16). The maximum absolute atomic E-state index is 11.8. The highest BCUT2D eigenvalue weighted by atomic mass is 32.2. The minimum absolute atomic E-state index is 0.0102. The summed E-state index contributed by atoms with van der Waals surface area (Å²) in [6.45, 7) is 1.65. The molecule has 1 N–H and O–H groups in total. The molecule has 1 aromatic heterocycles. The van der Waals surface area contributed by atoms with E-state index in [2.05, 4.69) is 14.7 Å². The summed E-state index contributed by atoms with van der Waals surface area (Å²) in [6, 6.07) is 8.73. The molecule has 0 fully saturated rings. The minimum atomic E-state index is -3.34. The summed E-state index contributed by atoms with van der Waals surface area (Å²) in [5, 5.41) is 2.65. The van der Waals surface area contributed by atoms with Gasteiger partial charge >= 0.3 is 0 Å². The van der Waals surface area contributed by atoms with Crippen molar-refractivity contribution in [1.29, 1.82) is 0 Å². The Kier molecular flexibility index (Phi) is 4.46. The van der Waals surface area contributed by atoms with Gasteiger partial charge in [0.05, 0.1) is 12.3 Å². The van der Waals surface area contributed by atoms with Gasteiger partial charge in [0.25, 0.3) is 5.91 Å². The van der Waals surface area contributed by atoms with Gasteiger partial charge in [0.15, 0.2) is 5.82 Å². The first-order valence-corrected chi connectivity index (χ1v) is 8.34. The number of nitrogens with zero attached hydrogens (tertiary/aromatic N) is 2. The van der Waals surface area contributed by atoms with Gasteiger partial charge in [-0.25, -0.2) is 13.4 Å². The molecule has 0 radical (unpaired) electrons. The van der Waals surface area contributed by atoms with Gasteiger partial charge in [-0.3, -0.25) is 4.79 Å². The molecular formula is C12H13N3O3S2. The lowest BCUT2D eigenvalue weighted by molar-refractivity contribution is 0.0950. The second kappa shape index (κ2) is 6.10. The molecule has 6 nitrogen and oxygen atoms in total. The van der Waals surface area contributed by atoms with Crippen molar-refractivity contribution in [2.24, 2.45) is 0 Å². The quantitative estimate of drug-likeness (QED) is 0.898. The van der Waals surface area contributed by atoms with Crippen LogP contribution in [0.3, 0.4) is 0 Å². The largest absolute Gasteiger partial charge is 0.345 e. The summed E-state index contributed by atoms with van der Waals surface area (Å²) >= 11 is 0.828. The van der Waals surface area contributed by atoms with E-state index < -0.39 is 9.84 Å². The van der Waals surface area contributed by atoms with E-state index in [0.717, 1.165) is 11.5 Å². The van der Waals surface area contributed by atoms with E-state index in [1.54, 1.807) is 31.2 Å². The van der Waals surface area contributed by atoms with Crippen molar-refractivity contribution in [2.75, 3.05) is 5.75 Å². The van der Waals surface area contributed by atoms with Gasteiger partial charge < -0.3 is 5.32 Å². The third-order valence-electron chi connectivity index (χ3n) is 2.54. The molecule has 1 aromatic carbocycles. The lowest BCUT2D eigenvalue weighted by Gasteiger charge is -2.01. The first-order valence-electron chi connectivity index (χ1n) is 5.91. The molecule has 0 aliphatic heterocycles. The number of amides is 1. The molecule has 2 aromatic rings. The van der Waals surface area contributed by atoms with Crippen molar-refractivity contribution in [3.63, 3.8) is 0 Å². The first kappa shape index (κ1) is 14.6. The molecule has 0 saturated heterocycles. The van der Waals surface area contributed by atoms with E-state index in [0.29, 0.717) is 11.4 Å². The van der Waals surface area contributed by atoms with Gasteiger partial charge in [-0.15, -0.1) is 0 Å². The summed E-state index contributed by atoms with van der Waals surface area (Å²) in [5.74, 6) is 0.0319. The number of hydrogen-bond acceptors (Lipinski definition) is 6. The van der Waals surface area contributed by atoms with Crippen LogP contribution in [-0.4, -0.2) is 29.4 Å². The van der Waals surface area contributed by atoms with Crippen LogP contribution in [0.2, 0.25) is 0 Å². The van der Waals surface area contributed by atoms with E-state index in [4.69, 9.17) is 0 Å². The number of rotatable bonds is 5. The maximum Gasteiger partial charge on any atom is 0.251 e. The molecule has 106 valence electrons. The Morgan fingerprint density at radius 2 is 2.00 bits per heavy atom. The lowest BCUT2D eigenvalue weighted by Crippen LogP contribution is -2.23. The van der Waals surface area contributed by atoms with Crippen molar-refractivity contribution < 1.29 is 13.2 Å². The molecule has 2 rings (SSSR count). The Labute approximate surface area is 121 Å². The molecule has 0 aliphatic rings. The van der Waals surface area contributed by atoms with Gasteiger partial charge in [-0.1, -0.05) is 25.1 Å². The van der Waals surface area contributed by atoms with Crippen LogP contribution < -0.4 is 5.32 Å². The van der Waals surface area contributed by atoms with Gasteiger partial charge in [0.2, 0.25) is 14.2 Å². The summed E-state index contributed by atoms with van der Waals surface area (Å²) < 4.78 is 27.1. The molecule has 0 unspecified atom stereocenters. The number of nitrogens with one attached hydrogen (secondary N) is 1. The molecule has 1 amide bonds. The smallest absolute Gasteiger partial charge is 0.251 e. The molecule has 0 spiro atoms. The fourth-order valence-corrected chi connectivity index (χ4v) is 3.26. The van der Waals surface area contributed by atoms with Crippen LogP contribution in [0.4, 0.5) is 0 Å². The number of sulfone groups is 1. The van der Waals surface area contributed by atoms with Gasteiger partial charge in [0, 0.05) is 5.56 Å². The van der Waals surface area contributed by atoms with Crippen LogP contribution in [0.15, 0.2) is 34.7 Å². The second-order valence-electron chi connectivity index (χ2n) is 3.93. The summed E-state index contributed by atoms with van der Waals surface area (Å²) in [4.78, 5) is 15.7. The molecule has 8 heteroatoms. The predicted octanol–water partition coefficient (Wildman–Crippen LogP) is 1.26. The van der Waals surface area contributed by atoms with Crippen LogP contribution in [0.1, 0.15) is 23.1 Å². The van der Waals surface area contributed by atoms with Crippen LogP contribution in [0.5, 0.6) is 0 Å². The third kappa shape index (κ3) is 3.40. The fraction of sp³-hybridized carbons (Fsp3) is 0.250. The first-order chi connectivity index (χ1) is 9.53. The van der Waals surface area contributed by atoms with E-state index >= 15 is 0 Å². The van der Waals surface area contributed by atoms with Crippen molar-refractivity contribution in [3.8, 4) is 0 Å². The highest BCUT2D eigenvalue weighted by molar-refractivity contribution is 7.93. The van der Waals surface area contributed by atoms with Gasteiger partial charge in [-0.2, -0.15) is 4.37 Å². The molecule has 0 aliphatic carbocycles. The lowest BCUT2D eigenvalue weighted by atomic mass is 10.2. The van der Waals surface area contributed by atoms with Gasteiger partial charge in [0.1, 0.15) is 0 Å². The molecule has 0 bridgehead atoms. The average molecular weight is 311 g/mol. The Bertz CT molecular complexity index is 696. The summed E-state index contributed by atoms with van der Waals surface area (Å²) in [5.41, 5.74) is 0.532. The third-order valence-corrected chi connectivity index (χ3v) is 5.46. The topological polar surface area (TPSA) is 89.0 Å². The Hall–Kier alpha value is -1.80. The zero-order valence-electron chi connectivity index (χ0n) is 10.7. The Morgan fingerprint density at radius 3 is 2.65 bits per heavy atom. The van der Waals surface area contributed by atoms with Crippen LogP contribution in [0.25, 0.3) is 0 Å². The van der Waals surface area contributed by atoms with E-state index in [1.165, 1.54) is 0 Å². The van der Waals surface area contributed by atoms with E-state index in [-0.39, 0.29) is 22.5 Å². The molecule has 0 saturated carbocycles. The van der Waals surface area contributed by atoms with Crippen LogP contribution >= 0.6 is 11.5 Å². The van der Waals surface area contributed by atoms with Crippen molar-refractivity contribution in [1.82, 2.24) is 14.7 Å². The average Bonchev–Trinajstić information content (AvgIpc) is 2.95. The SMILES string of the molecule is CCS(=O)(=O)c1nc(CNC(=O)c2ccccc2)ns1. The number of benzene rings is 1. The van der Waals surface area contributed by atoms with Crippen LogP contribution in [0, 0.1) is 0 Å². The van der Waals surface area contributed by atoms with E-state index in [9.17, 15) is 13.2 Å². The normalized spacial score (nSPS) is 11.2. The second-order valence-corrected chi connectivity index (χ2v) is 7.13. The van der Waals surface area contributed by atoms with Crippen molar-refractivity contribution in [2.45, 2.75) is 17.8 Å². The zero-order valence-corrected chi connectivity index (χ0v) is 12.4. The highest BCUT2D eigenvalue weighted by Gasteiger charge is 2.18. The monoisotopic (exact) mass is 311 g/mol. The van der Waals surface area contributed by atoms with E-state index in [1.807, 2.05) is 6.07 Å². The Balaban J connectivity index is 2.00. The molecule has 1 heterocycles. The van der Waals surface area contributed by atoms with Crippen molar-refractivity contribution in [3.05, 3.63) is 41.7 Å². The predicted molar refractivity (Wildman–Crippen MR) is 75.2 cm³/mol. The molecule has 20 heavy (non-hydrogen) atoms. The molecule has 0 atom stereocenters. The zero-order chi connectivity index (χ0) is 14.6. The maximum atomic E-state index is 11.8.